The summed E-state index contributed by atoms with van der Waals surface area (Å²) in [6, 6.07) is 9.64. The van der Waals surface area contributed by atoms with Crippen molar-refractivity contribution < 1.29 is 21.2 Å². The Balaban J connectivity index is 0.000000292. The summed E-state index contributed by atoms with van der Waals surface area (Å²) in [6.07, 6.45) is 0.542. The molecular formula is C8H10F2O3S. The van der Waals surface area contributed by atoms with Crippen LogP contribution in [0.15, 0.2) is 30.3 Å². The molecule has 0 atom stereocenters. The molecule has 0 aromatic heterocycles. The lowest BCUT2D eigenvalue weighted by molar-refractivity contribution is 0.435. The number of aryl methyl sites for hydroxylation is 1. The van der Waals surface area contributed by atoms with E-state index in [1.165, 1.54) is 0 Å². The van der Waals surface area contributed by atoms with Crippen molar-refractivity contribution in [2.75, 3.05) is 6.67 Å². The fourth-order valence-corrected chi connectivity index (χ4v) is 0.754. The Morgan fingerprint density at radius 1 is 1.21 bits per heavy atom. The Labute approximate surface area is 81.4 Å². The number of halogens is 2. The van der Waals surface area contributed by atoms with Gasteiger partial charge in [0.05, 0.1) is 6.67 Å². The number of alkyl halides is 1. The molecular weight excluding hydrogens is 214 g/mol. The zero-order valence-electron chi connectivity index (χ0n) is 7.23. The van der Waals surface area contributed by atoms with Gasteiger partial charge >= 0.3 is 10.5 Å². The van der Waals surface area contributed by atoms with Crippen LogP contribution in [0.3, 0.4) is 0 Å². The molecule has 0 unspecified atom stereocenters. The van der Waals surface area contributed by atoms with E-state index in [9.17, 15) is 8.28 Å². The van der Waals surface area contributed by atoms with E-state index in [-0.39, 0.29) is 6.67 Å². The minimum Gasteiger partial charge on any atom is -0.260 e. The van der Waals surface area contributed by atoms with Gasteiger partial charge in [-0.2, -0.15) is 8.42 Å². The zero-order chi connectivity index (χ0) is 11.0. The summed E-state index contributed by atoms with van der Waals surface area (Å²) in [7, 11) is -5.17. The molecule has 0 aliphatic rings. The molecule has 1 aromatic carbocycles. The van der Waals surface area contributed by atoms with E-state index in [0.29, 0.717) is 6.42 Å². The molecule has 0 radical (unpaired) electrons. The highest BCUT2D eigenvalue weighted by atomic mass is 32.3. The Bertz CT molecular complexity index is 329. The highest BCUT2D eigenvalue weighted by Gasteiger charge is 1.89. The maximum Gasteiger partial charge on any atom is 0.435 e. The predicted octanol–water partition coefficient (Wildman–Crippen LogP) is 1.96. The first-order valence-electron chi connectivity index (χ1n) is 3.70. The lowest BCUT2D eigenvalue weighted by Crippen LogP contribution is -1.83. The third kappa shape index (κ3) is 11.0. The highest BCUT2D eigenvalue weighted by Crippen LogP contribution is 1.98. The Morgan fingerprint density at radius 3 is 2.00 bits per heavy atom. The van der Waals surface area contributed by atoms with Gasteiger partial charge in [-0.3, -0.25) is 8.94 Å². The Kier molecular flexibility index (Phi) is 5.98. The Hall–Kier alpha value is -1.01. The van der Waals surface area contributed by atoms with Crippen LogP contribution >= 0.6 is 0 Å². The van der Waals surface area contributed by atoms with Crippen molar-refractivity contribution in [1.82, 2.24) is 0 Å². The van der Waals surface area contributed by atoms with Crippen LogP contribution in [0.25, 0.3) is 0 Å². The molecule has 1 aromatic rings. The van der Waals surface area contributed by atoms with Crippen LogP contribution in [-0.2, 0) is 16.9 Å². The first-order valence-corrected chi connectivity index (χ1v) is 5.04. The maximum absolute atomic E-state index is 11.7. The second-order valence-electron chi connectivity index (χ2n) is 2.34. The van der Waals surface area contributed by atoms with Crippen molar-refractivity contribution in [2.45, 2.75) is 6.42 Å². The monoisotopic (exact) mass is 224 g/mol. The van der Waals surface area contributed by atoms with Crippen LogP contribution in [0.4, 0.5) is 8.28 Å². The average molecular weight is 224 g/mol. The van der Waals surface area contributed by atoms with Gasteiger partial charge in [-0.15, -0.1) is 0 Å². The first kappa shape index (κ1) is 13.0. The first-order chi connectivity index (χ1) is 6.43. The van der Waals surface area contributed by atoms with E-state index in [4.69, 9.17) is 13.0 Å². The second-order valence-corrected chi connectivity index (χ2v) is 3.16. The van der Waals surface area contributed by atoms with Gasteiger partial charge in [0.25, 0.3) is 0 Å². The summed E-state index contributed by atoms with van der Waals surface area (Å²) < 4.78 is 45.8. The largest absolute Gasteiger partial charge is 0.435 e. The smallest absolute Gasteiger partial charge is 0.260 e. The summed E-state index contributed by atoms with van der Waals surface area (Å²) in [5.41, 5.74) is 1.07. The fourth-order valence-electron chi connectivity index (χ4n) is 0.754. The number of hydrogen-bond donors (Lipinski definition) is 1. The van der Waals surface area contributed by atoms with E-state index in [0.717, 1.165) is 5.56 Å². The molecule has 0 aliphatic carbocycles. The number of hydrogen-bond acceptors (Lipinski definition) is 2. The SMILES string of the molecule is FCCc1ccccc1.O=S(=O)(O)F. The predicted molar refractivity (Wildman–Crippen MR) is 48.8 cm³/mol. The van der Waals surface area contributed by atoms with Crippen LogP contribution in [0.2, 0.25) is 0 Å². The molecule has 3 nitrogen and oxygen atoms in total. The zero-order valence-corrected chi connectivity index (χ0v) is 8.05. The molecule has 0 fully saturated rings. The minimum absolute atomic E-state index is 0.260. The van der Waals surface area contributed by atoms with Gasteiger partial charge in [0.15, 0.2) is 0 Å². The van der Waals surface area contributed by atoms with E-state index < -0.39 is 10.5 Å². The van der Waals surface area contributed by atoms with Gasteiger partial charge in [-0.25, -0.2) is 0 Å². The van der Waals surface area contributed by atoms with Crippen LogP contribution in [-0.4, -0.2) is 19.6 Å². The van der Waals surface area contributed by atoms with Crippen molar-refractivity contribution in [3.63, 3.8) is 0 Å². The van der Waals surface area contributed by atoms with Crippen LogP contribution < -0.4 is 0 Å². The topological polar surface area (TPSA) is 54.4 Å². The molecule has 0 saturated heterocycles. The van der Waals surface area contributed by atoms with Gasteiger partial charge in [0, 0.05) is 6.42 Å². The maximum atomic E-state index is 11.7. The van der Waals surface area contributed by atoms with Gasteiger partial charge in [0.2, 0.25) is 0 Å². The second kappa shape index (κ2) is 6.44. The molecule has 80 valence electrons. The van der Waals surface area contributed by atoms with Crippen LogP contribution in [0, 0.1) is 0 Å². The van der Waals surface area contributed by atoms with Crippen molar-refractivity contribution >= 4 is 10.5 Å². The van der Waals surface area contributed by atoms with Crippen molar-refractivity contribution in [1.29, 1.82) is 0 Å². The lowest BCUT2D eigenvalue weighted by atomic mass is 10.2. The molecule has 6 heteroatoms. The third-order valence-corrected chi connectivity index (χ3v) is 1.23. The Morgan fingerprint density at radius 2 is 1.64 bits per heavy atom. The summed E-state index contributed by atoms with van der Waals surface area (Å²) in [4.78, 5) is 0. The number of rotatable bonds is 2. The van der Waals surface area contributed by atoms with Crippen LogP contribution in [0.5, 0.6) is 0 Å². The van der Waals surface area contributed by atoms with E-state index >= 15 is 0 Å². The summed E-state index contributed by atoms with van der Waals surface area (Å²) in [5.74, 6) is 0. The molecule has 0 aliphatic heterocycles. The molecule has 0 saturated carbocycles. The average Bonchev–Trinajstić information content (AvgIpc) is 2.03. The fraction of sp³-hybridized carbons (Fsp3) is 0.250. The molecule has 0 bridgehead atoms. The minimum atomic E-state index is -5.17. The van der Waals surface area contributed by atoms with Gasteiger partial charge in [0.1, 0.15) is 0 Å². The quantitative estimate of drug-likeness (QED) is 0.617. The molecule has 0 spiro atoms. The standard InChI is InChI=1S/C8H9F.FHO3S/c9-7-6-8-4-2-1-3-5-8;1-5(2,3)4/h1-5H,6-7H2;(H,2,3,4). The highest BCUT2D eigenvalue weighted by molar-refractivity contribution is 7.80. The van der Waals surface area contributed by atoms with E-state index in [1.807, 2.05) is 30.3 Å². The van der Waals surface area contributed by atoms with Crippen LogP contribution in [0.1, 0.15) is 5.56 Å². The summed E-state index contributed by atoms with van der Waals surface area (Å²) in [5, 5.41) is 0. The molecule has 1 N–H and O–H groups in total. The third-order valence-electron chi connectivity index (χ3n) is 1.23. The lowest BCUT2D eigenvalue weighted by Gasteiger charge is -1.92. The molecule has 0 heterocycles. The molecule has 1 rings (SSSR count). The van der Waals surface area contributed by atoms with Gasteiger partial charge in [-0.1, -0.05) is 34.2 Å². The van der Waals surface area contributed by atoms with E-state index in [1.54, 1.807) is 0 Å². The number of benzene rings is 1. The van der Waals surface area contributed by atoms with E-state index in [2.05, 4.69) is 0 Å². The summed E-state index contributed by atoms with van der Waals surface area (Å²) in [6.45, 7) is -0.260. The van der Waals surface area contributed by atoms with Gasteiger partial charge in [-0.05, 0) is 5.56 Å². The molecule has 0 amide bonds. The van der Waals surface area contributed by atoms with Gasteiger partial charge < -0.3 is 0 Å². The molecule has 14 heavy (non-hydrogen) atoms. The van der Waals surface area contributed by atoms with Crippen molar-refractivity contribution in [3.8, 4) is 0 Å². The van der Waals surface area contributed by atoms with Crippen molar-refractivity contribution in [2.24, 2.45) is 0 Å². The normalized spacial score (nSPS) is 10.2. The van der Waals surface area contributed by atoms with Crippen molar-refractivity contribution in [3.05, 3.63) is 35.9 Å². The summed E-state index contributed by atoms with van der Waals surface area (Å²) >= 11 is 0.